The molecule has 0 fully saturated rings. The Morgan fingerprint density at radius 1 is 0.851 bits per heavy atom. The summed E-state index contributed by atoms with van der Waals surface area (Å²) in [6, 6.07) is 39.6. The van der Waals surface area contributed by atoms with Crippen molar-refractivity contribution in [1.82, 2.24) is 4.57 Å². The molecule has 0 bridgehead atoms. The lowest BCUT2D eigenvalue weighted by Gasteiger charge is -2.19. The number of fused-ring (bicyclic) bond motifs is 7. The first kappa shape index (κ1) is 28.2. The van der Waals surface area contributed by atoms with Gasteiger partial charge in [-0.1, -0.05) is 85.8 Å². The van der Waals surface area contributed by atoms with E-state index in [2.05, 4.69) is 83.2 Å². The Morgan fingerprint density at radius 2 is 1.60 bits per heavy atom. The fourth-order valence-corrected chi connectivity index (χ4v) is 6.50. The van der Waals surface area contributed by atoms with E-state index in [1.54, 1.807) is 18.3 Å². The van der Waals surface area contributed by atoms with Gasteiger partial charge >= 0.3 is 0 Å². The van der Waals surface area contributed by atoms with Crippen LogP contribution in [0.2, 0.25) is 0 Å². The van der Waals surface area contributed by atoms with Crippen LogP contribution >= 0.6 is 0 Å². The summed E-state index contributed by atoms with van der Waals surface area (Å²) in [7, 11) is 0. The highest BCUT2D eigenvalue weighted by Crippen LogP contribution is 2.43. The van der Waals surface area contributed by atoms with Crippen molar-refractivity contribution in [2.45, 2.75) is 19.3 Å². The van der Waals surface area contributed by atoms with Crippen LogP contribution < -0.4 is 0 Å². The Kier molecular flexibility index (Phi) is 6.93. The molecule has 0 saturated heterocycles. The third kappa shape index (κ3) is 4.95. The summed E-state index contributed by atoms with van der Waals surface area (Å²) in [5.74, 6) is 0.849. The van der Waals surface area contributed by atoms with Gasteiger partial charge in [0.05, 0.1) is 17.1 Å². The number of hydrogen-bond acceptors (Lipinski definition) is 3. The van der Waals surface area contributed by atoms with Gasteiger partial charge in [0.2, 0.25) is 0 Å². The maximum atomic E-state index is 9.27. The maximum absolute atomic E-state index is 9.27. The number of aliphatic imine (C=N–C) groups is 2. The molecule has 1 aliphatic carbocycles. The number of rotatable bonds is 4. The van der Waals surface area contributed by atoms with Crippen LogP contribution in [0.1, 0.15) is 52.8 Å². The molecule has 0 aliphatic heterocycles. The number of hydrogen-bond donors (Lipinski definition) is 1. The maximum Gasteiger partial charge on any atom is 0.161 e. The number of nitrogens with zero attached hydrogens (tertiary/aromatic N) is 4. The SMILES string of the molecule is CC1CC=Cc2c1n(-c1ccc(/C=N/C(=N\C(=N)c3ccccc3)c3ccc(C#N)cc3)cc1)c1c2ccc2c3ccccc3oc21. The third-order valence-corrected chi connectivity index (χ3v) is 8.82. The normalized spacial score (nSPS) is 14.6. The molecular weight excluding hydrogens is 578 g/mol. The van der Waals surface area contributed by atoms with Crippen molar-refractivity contribution in [3.05, 3.63) is 155 Å². The van der Waals surface area contributed by atoms with Crippen molar-refractivity contribution >= 4 is 56.8 Å². The number of furan rings is 1. The van der Waals surface area contributed by atoms with Crippen molar-refractivity contribution in [2.75, 3.05) is 0 Å². The predicted molar refractivity (Wildman–Crippen MR) is 191 cm³/mol. The molecule has 1 N–H and O–H groups in total. The molecule has 6 heteroatoms. The van der Waals surface area contributed by atoms with Crippen molar-refractivity contribution < 1.29 is 4.42 Å². The van der Waals surface area contributed by atoms with E-state index in [0.29, 0.717) is 22.9 Å². The zero-order chi connectivity index (χ0) is 31.9. The Balaban J connectivity index is 1.21. The Hall–Kier alpha value is -6.32. The van der Waals surface area contributed by atoms with Crippen LogP contribution in [0.15, 0.2) is 136 Å². The van der Waals surface area contributed by atoms with Crippen LogP contribution in [0.3, 0.4) is 0 Å². The van der Waals surface area contributed by atoms with Gasteiger partial charge < -0.3 is 8.98 Å². The van der Waals surface area contributed by atoms with Crippen LogP contribution in [0.4, 0.5) is 0 Å². The van der Waals surface area contributed by atoms with Gasteiger partial charge in [0.25, 0.3) is 0 Å². The largest absolute Gasteiger partial charge is 0.454 e. The zero-order valence-corrected chi connectivity index (χ0v) is 25.7. The number of nitrogens with one attached hydrogen (secondary N) is 1. The number of benzene rings is 5. The summed E-state index contributed by atoms with van der Waals surface area (Å²) in [6.07, 6.45) is 7.27. The average molecular weight is 608 g/mol. The molecule has 1 atom stereocenters. The summed E-state index contributed by atoms with van der Waals surface area (Å²) < 4.78 is 8.91. The van der Waals surface area contributed by atoms with Gasteiger partial charge in [-0.3, -0.25) is 5.41 Å². The first-order chi connectivity index (χ1) is 23.1. The molecule has 2 heterocycles. The van der Waals surface area contributed by atoms with Gasteiger partial charge in [0.15, 0.2) is 17.3 Å². The summed E-state index contributed by atoms with van der Waals surface area (Å²) in [5, 5.41) is 21.3. The van der Waals surface area contributed by atoms with Crippen molar-refractivity contribution in [2.24, 2.45) is 9.98 Å². The lowest BCUT2D eigenvalue weighted by atomic mass is 9.93. The molecule has 0 spiro atoms. The molecule has 0 radical (unpaired) electrons. The molecule has 1 aliphatic rings. The second-order valence-electron chi connectivity index (χ2n) is 11.8. The van der Waals surface area contributed by atoms with Crippen molar-refractivity contribution in [3.8, 4) is 11.8 Å². The van der Waals surface area contributed by atoms with E-state index in [-0.39, 0.29) is 5.84 Å². The molecule has 8 rings (SSSR count). The zero-order valence-electron chi connectivity index (χ0n) is 25.7. The highest BCUT2D eigenvalue weighted by molar-refractivity contribution is 6.16. The van der Waals surface area contributed by atoms with Gasteiger partial charge in [-0.05, 0) is 60.5 Å². The number of para-hydroxylation sites is 1. The predicted octanol–water partition coefficient (Wildman–Crippen LogP) is 9.81. The lowest BCUT2D eigenvalue weighted by Crippen LogP contribution is -2.07. The molecule has 47 heavy (non-hydrogen) atoms. The Labute approximate surface area is 271 Å². The summed E-state index contributed by atoms with van der Waals surface area (Å²) in [5.41, 5.74) is 9.31. The van der Waals surface area contributed by atoms with E-state index < -0.39 is 0 Å². The van der Waals surface area contributed by atoms with Crippen LogP contribution in [0.25, 0.3) is 44.6 Å². The van der Waals surface area contributed by atoms with Crippen LogP contribution in [0.5, 0.6) is 0 Å². The number of amidine groups is 2. The Morgan fingerprint density at radius 3 is 2.38 bits per heavy atom. The van der Waals surface area contributed by atoms with E-state index in [0.717, 1.165) is 50.7 Å². The van der Waals surface area contributed by atoms with Gasteiger partial charge in [0, 0.05) is 56.4 Å². The fourth-order valence-electron chi connectivity index (χ4n) is 6.50. The van der Waals surface area contributed by atoms with Crippen LogP contribution in [0, 0.1) is 16.7 Å². The number of nitriles is 1. The standard InChI is InChI=1S/C41H29N5O/c1-26-8-7-12-33-34-22-23-35-32-11-5-6-13-36(32)47-39(35)38(34)46(37(26)33)31-20-16-28(17-21-31)25-44-41(30-18-14-27(24-42)15-19-30)45-40(43)29-9-3-2-4-10-29/h2-7,9-23,25-26,43H,8H2,1H3/b43-40?,44-25+,45-41-. The fraction of sp³-hybridized carbons (Fsp3) is 0.0732. The molecule has 0 amide bonds. The molecule has 224 valence electrons. The molecule has 2 aromatic heterocycles. The molecule has 1 unspecified atom stereocenters. The minimum atomic E-state index is 0.113. The highest BCUT2D eigenvalue weighted by atomic mass is 16.3. The summed E-state index contributed by atoms with van der Waals surface area (Å²) in [6.45, 7) is 2.28. The van der Waals surface area contributed by atoms with Crippen LogP contribution in [-0.2, 0) is 0 Å². The van der Waals surface area contributed by atoms with Crippen LogP contribution in [-0.4, -0.2) is 22.5 Å². The van der Waals surface area contributed by atoms with Gasteiger partial charge in [0.1, 0.15) is 5.58 Å². The van der Waals surface area contributed by atoms with E-state index in [1.165, 1.54) is 16.6 Å². The minimum absolute atomic E-state index is 0.113. The van der Waals surface area contributed by atoms with E-state index >= 15 is 0 Å². The summed E-state index contributed by atoms with van der Waals surface area (Å²) in [4.78, 5) is 9.33. The third-order valence-electron chi connectivity index (χ3n) is 8.82. The van der Waals surface area contributed by atoms with Crippen molar-refractivity contribution in [3.63, 3.8) is 0 Å². The second-order valence-corrected chi connectivity index (χ2v) is 11.8. The Bertz CT molecular complexity index is 2450. The van der Waals surface area contributed by atoms with E-state index in [4.69, 9.17) is 14.8 Å². The smallest absolute Gasteiger partial charge is 0.161 e. The molecule has 0 saturated carbocycles. The van der Waals surface area contributed by atoms with Crippen molar-refractivity contribution in [1.29, 1.82) is 10.7 Å². The molecular formula is C41H29N5O. The van der Waals surface area contributed by atoms with Gasteiger partial charge in [-0.2, -0.15) is 5.26 Å². The monoisotopic (exact) mass is 607 g/mol. The highest BCUT2D eigenvalue weighted by Gasteiger charge is 2.26. The first-order valence-corrected chi connectivity index (χ1v) is 15.6. The number of allylic oxidation sites excluding steroid dienone is 1. The average Bonchev–Trinajstić information content (AvgIpc) is 3.67. The first-order valence-electron chi connectivity index (χ1n) is 15.6. The van der Waals surface area contributed by atoms with Gasteiger partial charge in [-0.25, -0.2) is 9.98 Å². The quantitative estimate of drug-likeness (QED) is 0.159. The lowest BCUT2D eigenvalue weighted by molar-refractivity contribution is 0.669. The topological polar surface area (TPSA) is 90.4 Å². The minimum Gasteiger partial charge on any atom is -0.454 e. The summed E-state index contributed by atoms with van der Waals surface area (Å²) >= 11 is 0. The second kappa shape index (κ2) is 11.6. The van der Waals surface area contributed by atoms with E-state index in [9.17, 15) is 5.26 Å². The molecule has 7 aromatic rings. The molecule has 6 nitrogen and oxygen atoms in total. The van der Waals surface area contributed by atoms with Gasteiger partial charge in [-0.15, -0.1) is 0 Å². The molecule has 5 aromatic carbocycles. The number of aromatic nitrogens is 1. The van der Waals surface area contributed by atoms with E-state index in [1.807, 2.05) is 54.6 Å².